The van der Waals surface area contributed by atoms with Crippen LogP contribution >= 0.6 is 15.9 Å². The minimum Gasteiger partial charge on any atom is -0.358 e. The summed E-state index contributed by atoms with van der Waals surface area (Å²) in [5.41, 5.74) is 1.24. The summed E-state index contributed by atoms with van der Waals surface area (Å²) < 4.78 is 1.13. The van der Waals surface area contributed by atoms with Gasteiger partial charge in [0.1, 0.15) is 0 Å². The summed E-state index contributed by atoms with van der Waals surface area (Å²) in [6.45, 7) is 7.56. The summed E-state index contributed by atoms with van der Waals surface area (Å²) in [7, 11) is 3.49. The van der Waals surface area contributed by atoms with Gasteiger partial charge in [-0.05, 0) is 24.5 Å². The highest BCUT2D eigenvalue weighted by Crippen LogP contribution is 2.29. The zero-order valence-electron chi connectivity index (χ0n) is 16.8. The lowest BCUT2D eigenvalue weighted by molar-refractivity contribution is -0.122. The molecule has 0 atom stereocenters. The maximum absolute atomic E-state index is 11.5. The SMILES string of the molecule is CN=C(NCC(C)(C)c1ccccc1Br)NC1CCN(CC(=O)NC)CC1. The van der Waals surface area contributed by atoms with Crippen LogP contribution < -0.4 is 16.0 Å². The van der Waals surface area contributed by atoms with E-state index in [-0.39, 0.29) is 11.3 Å². The van der Waals surface area contributed by atoms with Crippen LogP contribution in [-0.2, 0) is 10.2 Å². The van der Waals surface area contributed by atoms with Crippen molar-refractivity contribution in [2.45, 2.75) is 38.1 Å². The number of hydrogen-bond donors (Lipinski definition) is 3. The predicted octanol–water partition coefficient (Wildman–Crippen LogP) is 2.10. The molecule has 1 aromatic rings. The third-order valence-corrected chi connectivity index (χ3v) is 5.79. The fraction of sp³-hybridized carbons (Fsp3) is 0.600. The molecule has 0 spiro atoms. The molecular formula is C20H32BrN5O. The molecular weight excluding hydrogens is 406 g/mol. The van der Waals surface area contributed by atoms with Gasteiger partial charge in [-0.1, -0.05) is 48.0 Å². The predicted molar refractivity (Wildman–Crippen MR) is 115 cm³/mol. The van der Waals surface area contributed by atoms with Gasteiger partial charge in [-0.3, -0.25) is 14.7 Å². The number of nitrogens with one attached hydrogen (secondary N) is 3. The first-order valence-corrected chi connectivity index (χ1v) is 10.3. The van der Waals surface area contributed by atoms with E-state index in [1.54, 1.807) is 7.05 Å². The maximum Gasteiger partial charge on any atom is 0.233 e. The Kier molecular flexibility index (Phi) is 8.10. The summed E-state index contributed by atoms with van der Waals surface area (Å²) >= 11 is 3.66. The van der Waals surface area contributed by atoms with Gasteiger partial charge in [0.25, 0.3) is 0 Å². The lowest BCUT2D eigenvalue weighted by atomic mass is 9.84. The van der Waals surface area contributed by atoms with Crippen molar-refractivity contribution in [1.29, 1.82) is 0 Å². The molecule has 1 fully saturated rings. The van der Waals surface area contributed by atoms with Crippen LogP contribution in [0.4, 0.5) is 0 Å². The van der Waals surface area contributed by atoms with Gasteiger partial charge < -0.3 is 16.0 Å². The van der Waals surface area contributed by atoms with Crippen molar-refractivity contribution in [1.82, 2.24) is 20.9 Å². The Bertz CT molecular complexity index is 654. The van der Waals surface area contributed by atoms with Crippen LogP contribution in [0.5, 0.6) is 0 Å². The number of guanidine groups is 1. The first-order valence-electron chi connectivity index (χ1n) is 9.51. The molecule has 0 unspecified atom stereocenters. The number of likely N-dealkylation sites (N-methyl/N-ethyl adjacent to an activating group) is 1. The fourth-order valence-corrected chi connectivity index (χ4v) is 4.14. The smallest absolute Gasteiger partial charge is 0.233 e. The number of piperidine rings is 1. The minimum atomic E-state index is -0.0331. The maximum atomic E-state index is 11.5. The fourth-order valence-electron chi connectivity index (χ4n) is 3.32. The molecule has 0 radical (unpaired) electrons. The zero-order chi connectivity index (χ0) is 19.9. The first-order chi connectivity index (χ1) is 12.9. The Hall–Kier alpha value is -1.60. The van der Waals surface area contributed by atoms with Gasteiger partial charge in [-0.2, -0.15) is 0 Å². The van der Waals surface area contributed by atoms with Gasteiger partial charge in [0, 0.05) is 49.7 Å². The van der Waals surface area contributed by atoms with Crippen LogP contribution in [0.2, 0.25) is 0 Å². The number of rotatable bonds is 6. The summed E-state index contributed by atoms with van der Waals surface area (Å²) in [5.74, 6) is 0.910. The number of carbonyl (C=O) groups excluding carboxylic acids is 1. The molecule has 6 nitrogen and oxygen atoms in total. The molecule has 27 heavy (non-hydrogen) atoms. The number of aliphatic imine (C=N–C) groups is 1. The molecule has 0 bridgehead atoms. The van der Waals surface area contributed by atoms with E-state index < -0.39 is 0 Å². The average molecular weight is 438 g/mol. The van der Waals surface area contributed by atoms with Crippen molar-refractivity contribution < 1.29 is 4.79 Å². The van der Waals surface area contributed by atoms with Crippen LogP contribution in [-0.4, -0.2) is 63.1 Å². The van der Waals surface area contributed by atoms with Crippen LogP contribution in [0.25, 0.3) is 0 Å². The van der Waals surface area contributed by atoms with Crippen molar-refractivity contribution in [2.75, 3.05) is 40.3 Å². The summed E-state index contributed by atoms with van der Waals surface area (Å²) in [6.07, 6.45) is 2.01. The highest BCUT2D eigenvalue weighted by molar-refractivity contribution is 9.10. The number of benzene rings is 1. The lowest BCUT2D eigenvalue weighted by Gasteiger charge is -2.33. The second kappa shape index (κ2) is 10.1. The van der Waals surface area contributed by atoms with Crippen molar-refractivity contribution in [3.8, 4) is 0 Å². The normalized spacial score (nSPS) is 16.9. The van der Waals surface area contributed by atoms with E-state index in [0.717, 1.165) is 42.9 Å². The average Bonchev–Trinajstić information content (AvgIpc) is 2.66. The molecule has 3 N–H and O–H groups in total. The third kappa shape index (κ3) is 6.50. The zero-order valence-corrected chi connectivity index (χ0v) is 18.4. The largest absolute Gasteiger partial charge is 0.358 e. The molecule has 1 aliphatic rings. The van der Waals surface area contributed by atoms with Crippen molar-refractivity contribution in [3.05, 3.63) is 34.3 Å². The molecule has 150 valence electrons. The Labute approximate surface area is 171 Å². The monoisotopic (exact) mass is 437 g/mol. The Balaban J connectivity index is 1.83. The van der Waals surface area contributed by atoms with E-state index >= 15 is 0 Å². The van der Waals surface area contributed by atoms with E-state index in [0.29, 0.717) is 12.6 Å². The molecule has 1 saturated heterocycles. The van der Waals surface area contributed by atoms with Gasteiger partial charge in [-0.15, -0.1) is 0 Å². The topological polar surface area (TPSA) is 68.8 Å². The summed E-state index contributed by atoms with van der Waals surface area (Å²) in [5, 5.41) is 9.69. The van der Waals surface area contributed by atoms with Crippen LogP contribution in [0, 0.1) is 0 Å². The van der Waals surface area contributed by atoms with Crippen LogP contribution in [0.1, 0.15) is 32.3 Å². The van der Waals surface area contributed by atoms with Gasteiger partial charge >= 0.3 is 0 Å². The number of nitrogens with zero attached hydrogens (tertiary/aromatic N) is 2. The van der Waals surface area contributed by atoms with E-state index in [1.807, 2.05) is 13.1 Å². The molecule has 7 heteroatoms. The highest BCUT2D eigenvalue weighted by Gasteiger charge is 2.25. The lowest BCUT2D eigenvalue weighted by Crippen LogP contribution is -2.51. The number of carbonyl (C=O) groups is 1. The first kappa shape index (κ1) is 21.7. The molecule has 1 heterocycles. The van der Waals surface area contributed by atoms with Gasteiger partial charge in [0.2, 0.25) is 5.91 Å². The number of likely N-dealkylation sites (tertiary alicyclic amines) is 1. The number of hydrogen-bond acceptors (Lipinski definition) is 3. The minimum absolute atomic E-state index is 0.0331. The van der Waals surface area contributed by atoms with Crippen LogP contribution in [0.3, 0.4) is 0 Å². The molecule has 0 aliphatic carbocycles. The molecule has 0 aromatic heterocycles. The standard InChI is InChI=1S/C20H32BrN5O/c1-20(2,16-7-5-6-8-17(16)21)14-24-19(23-4)25-15-9-11-26(12-10-15)13-18(27)22-3/h5-8,15H,9-14H2,1-4H3,(H,22,27)(H2,23,24,25). The van der Waals surface area contributed by atoms with E-state index in [2.05, 4.69) is 73.8 Å². The quantitative estimate of drug-likeness (QED) is 0.470. The second-order valence-corrected chi connectivity index (χ2v) is 8.51. The molecule has 2 rings (SSSR count). The Morgan fingerprint density at radius 2 is 1.96 bits per heavy atom. The van der Waals surface area contributed by atoms with E-state index in [4.69, 9.17) is 0 Å². The molecule has 1 amide bonds. The Morgan fingerprint density at radius 1 is 1.30 bits per heavy atom. The van der Waals surface area contributed by atoms with Gasteiger partial charge in [0.15, 0.2) is 5.96 Å². The highest BCUT2D eigenvalue weighted by atomic mass is 79.9. The summed E-state index contributed by atoms with van der Waals surface area (Å²) in [6, 6.07) is 8.72. The molecule has 1 aromatic carbocycles. The van der Waals surface area contributed by atoms with Crippen molar-refractivity contribution in [3.63, 3.8) is 0 Å². The number of halogens is 1. The van der Waals surface area contributed by atoms with Gasteiger partial charge in [-0.25, -0.2) is 0 Å². The number of amides is 1. The van der Waals surface area contributed by atoms with E-state index in [9.17, 15) is 4.79 Å². The van der Waals surface area contributed by atoms with Crippen molar-refractivity contribution in [2.24, 2.45) is 4.99 Å². The summed E-state index contributed by atoms with van der Waals surface area (Å²) in [4.78, 5) is 18.1. The third-order valence-electron chi connectivity index (χ3n) is 5.10. The van der Waals surface area contributed by atoms with E-state index in [1.165, 1.54) is 5.56 Å². The second-order valence-electron chi connectivity index (χ2n) is 7.66. The van der Waals surface area contributed by atoms with Gasteiger partial charge in [0.05, 0.1) is 6.54 Å². The Morgan fingerprint density at radius 3 is 2.56 bits per heavy atom. The van der Waals surface area contributed by atoms with Crippen LogP contribution in [0.15, 0.2) is 33.7 Å². The van der Waals surface area contributed by atoms with Crippen molar-refractivity contribution >= 4 is 27.8 Å². The molecule has 1 aliphatic heterocycles. The molecule has 0 saturated carbocycles.